The van der Waals surface area contributed by atoms with E-state index in [1.54, 1.807) is 0 Å². The maximum Gasteiger partial charge on any atom is 0.0573 e. The van der Waals surface area contributed by atoms with Crippen molar-refractivity contribution in [3.63, 3.8) is 0 Å². The molecule has 0 aromatic carbocycles. The van der Waals surface area contributed by atoms with E-state index in [2.05, 4.69) is 24.5 Å². The van der Waals surface area contributed by atoms with E-state index in [-0.39, 0.29) is 0 Å². The van der Waals surface area contributed by atoms with Crippen LogP contribution in [0.25, 0.3) is 0 Å². The van der Waals surface area contributed by atoms with Gasteiger partial charge in [0.1, 0.15) is 0 Å². The summed E-state index contributed by atoms with van der Waals surface area (Å²) in [6.07, 6.45) is 17.4. The van der Waals surface area contributed by atoms with Crippen molar-refractivity contribution in [2.24, 2.45) is 0 Å². The fourth-order valence-electron chi connectivity index (χ4n) is 3.17. The molecule has 0 aromatic heterocycles. The van der Waals surface area contributed by atoms with Crippen LogP contribution < -0.4 is 10.6 Å². The van der Waals surface area contributed by atoms with Gasteiger partial charge in [-0.1, -0.05) is 71.6 Å². The summed E-state index contributed by atoms with van der Waals surface area (Å²) in [6.45, 7) is 5.59. The Balaban J connectivity index is 2.01. The smallest absolute Gasteiger partial charge is 0.0573 e. The summed E-state index contributed by atoms with van der Waals surface area (Å²) in [5.74, 6) is 0. The van der Waals surface area contributed by atoms with Crippen molar-refractivity contribution in [2.75, 3.05) is 6.54 Å². The van der Waals surface area contributed by atoms with Crippen LogP contribution in [0.15, 0.2) is 0 Å². The zero-order valence-corrected chi connectivity index (χ0v) is 13.3. The van der Waals surface area contributed by atoms with Crippen molar-refractivity contribution < 1.29 is 0 Å². The SMILES string of the molecule is CCCCCCCCCC(NCC)NC1CCCC1. The Morgan fingerprint density at radius 2 is 1.53 bits per heavy atom. The summed E-state index contributed by atoms with van der Waals surface area (Å²) in [5.41, 5.74) is 0. The third-order valence-electron chi connectivity index (χ3n) is 4.34. The minimum Gasteiger partial charge on any atom is -0.302 e. The lowest BCUT2D eigenvalue weighted by Gasteiger charge is -2.23. The Hall–Kier alpha value is -0.0800. The zero-order valence-electron chi connectivity index (χ0n) is 13.3. The van der Waals surface area contributed by atoms with Crippen LogP contribution in [-0.2, 0) is 0 Å². The van der Waals surface area contributed by atoms with Gasteiger partial charge in [0.05, 0.1) is 6.17 Å². The number of rotatable bonds is 12. The van der Waals surface area contributed by atoms with Crippen LogP contribution in [0.1, 0.15) is 90.9 Å². The molecular weight excluding hydrogens is 232 g/mol. The highest BCUT2D eigenvalue weighted by Crippen LogP contribution is 2.18. The molecule has 2 heteroatoms. The highest BCUT2D eigenvalue weighted by atomic mass is 15.1. The predicted octanol–water partition coefficient (Wildman–Crippen LogP) is 4.59. The zero-order chi connectivity index (χ0) is 13.8. The molecule has 0 radical (unpaired) electrons. The lowest BCUT2D eigenvalue weighted by molar-refractivity contribution is 0.348. The number of unbranched alkanes of at least 4 members (excludes halogenated alkanes) is 6. The van der Waals surface area contributed by atoms with Crippen LogP contribution in [0.2, 0.25) is 0 Å². The van der Waals surface area contributed by atoms with Crippen LogP contribution >= 0.6 is 0 Å². The normalized spacial score (nSPS) is 18.0. The Bertz CT molecular complexity index is 188. The van der Waals surface area contributed by atoms with Crippen molar-refractivity contribution in [2.45, 2.75) is 103 Å². The van der Waals surface area contributed by atoms with Gasteiger partial charge in [-0.3, -0.25) is 5.32 Å². The van der Waals surface area contributed by atoms with Gasteiger partial charge < -0.3 is 5.32 Å². The van der Waals surface area contributed by atoms with E-state index in [1.807, 2.05) is 0 Å². The maximum absolute atomic E-state index is 3.82. The summed E-state index contributed by atoms with van der Waals surface area (Å²) in [5, 5.41) is 7.43. The molecule has 1 atom stereocenters. The van der Waals surface area contributed by atoms with Crippen LogP contribution in [-0.4, -0.2) is 18.8 Å². The first-order valence-electron chi connectivity index (χ1n) is 8.86. The molecular formula is C17H36N2. The predicted molar refractivity (Wildman–Crippen MR) is 85.5 cm³/mol. The van der Waals surface area contributed by atoms with Crippen molar-refractivity contribution in [1.82, 2.24) is 10.6 Å². The van der Waals surface area contributed by atoms with Gasteiger partial charge in [-0.15, -0.1) is 0 Å². The highest BCUT2D eigenvalue weighted by molar-refractivity contribution is 4.77. The van der Waals surface area contributed by atoms with Gasteiger partial charge in [0.2, 0.25) is 0 Å². The minimum absolute atomic E-state index is 0.559. The number of nitrogens with one attached hydrogen (secondary N) is 2. The fraction of sp³-hybridized carbons (Fsp3) is 1.00. The Kier molecular flexibility index (Phi) is 10.5. The third-order valence-corrected chi connectivity index (χ3v) is 4.34. The molecule has 2 N–H and O–H groups in total. The van der Waals surface area contributed by atoms with Gasteiger partial charge in [0, 0.05) is 6.04 Å². The first kappa shape index (κ1) is 17.0. The summed E-state index contributed by atoms with van der Waals surface area (Å²) in [7, 11) is 0. The summed E-state index contributed by atoms with van der Waals surface area (Å²) in [6, 6.07) is 0.786. The lowest BCUT2D eigenvalue weighted by atomic mass is 10.1. The molecule has 0 saturated heterocycles. The molecule has 0 amide bonds. The Morgan fingerprint density at radius 1 is 0.895 bits per heavy atom. The highest BCUT2D eigenvalue weighted by Gasteiger charge is 2.18. The standard InChI is InChI=1S/C17H36N2/c1-3-5-6-7-8-9-10-15-17(18-4-2)19-16-13-11-12-14-16/h16-19H,3-15H2,1-2H3. The van der Waals surface area contributed by atoms with E-state index in [1.165, 1.54) is 77.0 Å². The van der Waals surface area contributed by atoms with E-state index in [0.717, 1.165) is 12.6 Å². The van der Waals surface area contributed by atoms with Crippen LogP contribution in [0.5, 0.6) is 0 Å². The van der Waals surface area contributed by atoms with E-state index >= 15 is 0 Å². The molecule has 2 nitrogen and oxygen atoms in total. The molecule has 0 bridgehead atoms. The first-order chi connectivity index (χ1) is 9.36. The molecule has 114 valence electrons. The molecule has 0 aliphatic heterocycles. The third kappa shape index (κ3) is 8.65. The van der Waals surface area contributed by atoms with Gasteiger partial charge in [0.15, 0.2) is 0 Å². The molecule has 1 aliphatic carbocycles. The van der Waals surface area contributed by atoms with Gasteiger partial charge in [-0.2, -0.15) is 0 Å². The second-order valence-electron chi connectivity index (χ2n) is 6.17. The second-order valence-corrected chi connectivity index (χ2v) is 6.17. The van der Waals surface area contributed by atoms with Crippen molar-refractivity contribution >= 4 is 0 Å². The molecule has 1 rings (SSSR count). The van der Waals surface area contributed by atoms with Crippen LogP contribution in [0, 0.1) is 0 Å². The maximum atomic E-state index is 3.82. The fourth-order valence-corrected chi connectivity index (χ4v) is 3.17. The van der Waals surface area contributed by atoms with Crippen LogP contribution in [0.4, 0.5) is 0 Å². The summed E-state index contributed by atoms with van der Waals surface area (Å²) in [4.78, 5) is 0. The van der Waals surface area contributed by atoms with Gasteiger partial charge >= 0.3 is 0 Å². The Morgan fingerprint density at radius 3 is 2.16 bits per heavy atom. The van der Waals surface area contributed by atoms with E-state index in [9.17, 15) is 0 Å². The van der Waals surface area contributed by atoms with Crippen LogP contribution in [0.3, 0.4) is 0 Å². The quantitative estimate of drug-likeness (QED) is 0.399. The first-order valence-corrected chi connectivity index (χ1v) is 8.86. The topological polar surface area (TPSA) is 24.1 Å². The van der Waals surface area contributed by atoms with Gasteiger partial charge in [0.25, 0.3) is 0 Å². The summed E-state index contributed by atoms with van der Waals surface area (Å²) < 4.78 is 0. The van der Waals surface area contributed by atoms with E-state index in [0.29, 0.717) is 6.17 Å². The number of hydrogen-bond acceptors (Lipinski definition) is 2. The average Bonchev–Trinajstić information content (AvgIpc) is 2.91. The molecule has 19 heavy (non-hydrogen) atoms. The van der Waals surface area contributed by atoms with Crippen molar-refractivity contribution in [1.29, 1.82) is 0 Å². The monoisotopic (exact) mass is 268 g/mol. The van der Waals surface area contributed by atoms with Crippen molar-refractivity contribution in [3.8, 4) is 0 Å². The summed E-state index contributed by atoms with van der Waals surface area (Å²) >= 11 is 0. The lowest BCUT2D eigenvalue weighted by Crippen LogP contribution is -2.46. The van der Waals surface area contributed by atoms with E-state index < -0.39 is 0 Å². The molecule has 0 spiro atoms. The minimum atomic E-state index is 0.559. The van der Waals surface area contributed by atoms with Gasteiger partial charge in [-0.05, 0) is 25.8 Å². The number of hydrogen-bond donors (Lipinski definition) is 2. The molecule has 0 aromatic rings. The molecule has 1 fully saturated rings. The molecule has 1 aliphatic rings. The molecule has 1 unspecified atom stereocenters. The average molecular weight is 268 g/mol. The molecule has 0 heterocycles. The molecule has 1 saturated carbocycles. The largest absolute Gasteiger partial charge is 0.302 e. The second kappa shape index (κ2) is 11.7. The van der Waals surface area contributed by atoms with Crippen molar-refractivity contribution in [3.05, 3.63) is 0 Å². The van der Waals surface area contributed by atoms with Gasteiger partial charge in [-0.25, -0.2) is 0 Å². The van der Waals surface area contributed by atoms with E-state index in [4.69, 9.17) is 0 Å². The Labute approximate surface area is 121 Å².